The van der Waals surface area contributed by atoms with Crippen LogP contribution in [0.4, 0.5) is 10.5 Å². The van der Waals surface area contributed by atoms with E-state index in [0.29, 0.717) is 0 Å². The van der Waals surface area contributed by atoms with Gasteiger partial charge in [0.05, 0.1) is 0 Å². The molecular weight excluding hydrogens is 322 g/mol. The van der Waals surface area contributed by atoms with Crippen LogP contribution in [0.3, 0.4) is 0 Å². The molecule has 0 aromatic heterocycles. The highest BCUT2D eigenvalue weighted by atomic mass is 16.2. The van der Waals surface area contributed by atoms with Crippen LogP contribution in [0.15, 0.2) is 54.6 Å². The monoisotopic (exact) mass is 349 g/mol. The zero-order chi connectivity index (χ0) is 18.4. The molecule has 1 fully saturated rings. The lowest BCUT2D eigenvalue weighted by molar-refractivity contribution is 0.156. The van der Waals surface area contributed by atoms with E-state index >= 15 is 0 Å². The van der Waals surface area contributed by atoms with Crippen molar-refractivity contribution in [3.05, 3.63) is 71.3 Å². The standard InChI is InChI=1S/C22H27N3O/c1-18-15-19(2)17-21(16-18)23-22(26)25-13-11-24(12-14-25)10-6-9-20-7-4-3-5-8-20/h3-9,15-17H,10-14H2,1-2H3,(H,23,26)/b9-6-. The highest BCUT2D eigenvalue weighted by molar-refractivity contribution is 5.89. The number of urea groups is 1. The van der Waals surface area contributed by atoms with Gasteiger partial charge in [0.2, 0.25) is 0 Å². The van der Waals surface area contributed by atoms with Crippen molar-refractivity contribution in [3.8, 4) is 0 Å². The lowest BCUT2D eigenvalue weighted by atomic mass is 10.1. The number of amides is 2. The second kappa shape index (κ2) is 8.68. The fourth-order valence-corrected chi connectivity index (χ4v) is 3.28. The number of carbonyl (C=O) groups is 1. The molecule has 26 heavy (non-hydrogen) atoms. The lowest BCUT2D eigenvalue weighted by Crippen LogP contribution is -2.49. The molecule has 1 aliphatic rings. The number of hydrogen-bond donors (Lipinski definition) is 1. The normalized spacial score (nSPS) is 15.4. The van der Waals surface area contributed by atoms with Gasteiger partial charge in [-0.1, -0.05) is 48.6 Å². The van der Waals surface area contributed by atoms with Crippen molar-refractivity contribution in [1.82, 2.24) is 9.80 Å². The lowest BCUT2D eigenvalue weighted by Gasteiger charge is -2.34. The Hall–Kier alpha value is -2.59. The van der Waals surface area contributed by atoms with Crippen molar-refractivity contribution in [3.63, 3.8) is 0 Å². The quantitative estimate of drug-likeness (QED) is 0.899. The van der Waals surface area contributed by atoms with E-state index in [1.165, 1.54) is 5.56 Å². The predicted octanol–water partition coefficient (Wildman–Crippen LogP) is 4.17. The van der Waals surface area contributed by atoms with Gasteiger partial charge in [0.15, 0.2) is 0 Å². The Bertz CT molecular complexity index is 742. The third-order valence-electron chi connectivity index (χ3n) is 4.61. The minimum Gasteiger partial charge on any atom is -0.322 e. The molecule has 0 saturated carbocycles. The van der Waals surface area contributed by atoms with Crippen LogP contribution in [0.25, 0.3) is 6.08 Å². The van der Waals surface area contributed by atoms with E-state index in [9.17, 15) is 4.79 Å². The van der Waals surface area contributed by atoms with Crippen molar-refractivity contribution in [1.29, 1.82) is 0 Å². The molecule has 2 aromatic carbocycles. The summed E-state index contributed by atoms with van der Waals surface area (Å²) in [4.78, 5) is 16.8. The Labute approximate surface area is 156 Å². The Morgan fingerprint density at radius 1 is 1.00 bits per heavy atom. The van der Waals surface area contributed by atoms with Crippen LogP contribution >= 0.6 is 0 Å². The number of aryl methyl sites for hydroxylation is 2. The summed E-state index contributed by atoms with van der Waals surface area (Å²) in [5, 5.41) is 3.03. The number of benzene rings is 2. The molecule has 3 rings (SSSR count). The summed E-state index contributed by atoms with van der Waals surface area (Å²) < 4.78 is 0. The van der Waals surface area contributed by atoms with Gasteiger partial charge in [-0.05, 0) is 42.7 Å². The first-order valence-corrected chi connectivity index (χ1v) is 9.18. The van der Waals surface area contributed by atoms with Crippen molar-refractivity contribution in [2.24, 2.45) is 0 Å². The maximum absolute atomic E-state index is 12.5. The van der Waals surface area contributed by atoms with Crippen molar-refractivity contribution >= 4 is 17.8 Å². The summed E-state index contributed by atoms with van der Waals surface area (Å²) in [5.74, 6) is 0. The Morgan fingerprint density at radius 3 is 2.31 bits per heavy atom. The molecule has 0 bridgehead atoms. The van der Waals surface area contributed by atoms with E-state index in [4.69, 9.17) is 0 Å². The average Bonchev–Trinajstić information content (AvgIpc) is 2.62. The topological polar surface area (TPSA) is 35.6 Å². The molecule has 1 saturated heterocycles. The number of anilines is 1. The van der Waals surface area contributed by atoms with Crippen LogP contribution in [0.5, 0.6) is 0 Å². The highest BCUT2D eigenvalue weighted by Crippen LogP contribution is 2.15. The van der Waals surface area contributed by atoms with E-state index in [-0.39, 0.29) is 6.03 Å². The first kappa shape index (κ1) is 18.2. The maximum Gasteiger partial charge on any atom is 0.321 e. The molecule has 1 heterocycles. The Balaban J connectivity index is 1.45. The molecule has 1 N–H and O–H groups in total. The fraction of sp³-hybridized carbons (Fsp3) is 0.318. The fourth-order valence-electron chi connectivity index (χ4n) is 3.28. The van der Waals surface area contributed by atoms with E-state index in [1.54, 1.807) is 0 Å². The molecule has 4 heteroatoms. The highest BCUT2D eigenvalue weighted by Gasteiger charge is 2.20. The molecule has 2 amide bonds. The zero-order valence-electron chi connectivity index (χ0n) is 15.6. The molecule has 0 atom stereocenters. The Morgan fingerprint density at radius 2 is 1.65 bits per heavy atom. The maximum atomic E-state index is 12.5. The summed E-state index contributed by atoms with van der Waals surface area (Å²) in [6.45, 7) is 8.33. The number of nitrogens with zero attached hydrogens (tertiary/aromatic N) is 2. The van der Waals surface area contributed by atoms with E-state index in [2.05, 4.69) is 40.6 Å². The largest absolute Gasteiger partial charge is 0.322 e. The summed E-state index contributed by atoms with van der Waals surface area (Å²) in [5.41, 5.74) is 4.42. The summed E-state index contributed by atoms with van der Waals surface area (Å²) in [6, 6.07) is 16.5. The third-order valence-corrected chi connectivity index (χ3v) is 4.61. The van der Waals surface area contributed by atoms with E-state index in [0.717, 1.165) is 49.5 Å². The van der Waals surface area contributed by atoms with Crippen LogP contribution in [-0.4, -0.2) is 48.6 Å². The summed E-state index contributed by atoms with van der Waals surface area (Å²) in [7, 11) is 0. The van der Waals surface area contributed by atoms with Crippen molar-refractivity contribution in [2.75, 3.05) is 38.0 Å². The second-order valence-electron chi connectivity index (χ2n) is 6.91. The molecule has 0 unspecified atom stereocenters. The van der Waals surface area contributed by atoms with Gasteiger partial charge in [-0.3, -0.25) is 4.90 Å². The summed E-state index contributed by atoms with van der Waals surface area (Å²) in [6.07, 6.45) is 4.35. The zero-order valence-corrected chi connectivity index (χ0v) is 15.6. The van der Waals surface area contributed by atoms with Crippen LogP contribution in [-0.2, 0) is 0 Å². The van der Waals surface area contributed by atoms with Gasteiger partial charge in [0.25, 0.3) is 0 Å². The van der Waals surface area contributed by atoms with Crippen LogP contribution in [0, 0.1) is 13.8 Å². The molecule has 1 aliphatic heterocycles. The minimum atomic E-state index is -0.00511. The molecule has 2 aromatic rings. The first-order valence-electron chi connectivity index (χ1n) is 9.18. The van der Waals surface area contributed by atoms with Crippen molar-refractivity contribution in [2.45, 2.75) is 13.8 Å². The van der Waals surface area contributed by atoms with Gasteiger partial charge < -0.3 is 10.2 Å². The first-order chi connectivity index (χ1) is 12.6. The smallest absolute Gasteiger partial charge is 0.321 e. The van der Waals surface area contributed by atoms with E-state index in [1.807, 2.05) is 49.1 Å². The minimum absolute atomic E-state index is 0.00511. The summed E-state index contributed by atoms with van der Waals surface area (Å²) >= 11 is 0. The molecule has 0 radical (unpaired) electrons. The molecule has 0 spiro atoms. The van der Waals surface area contributed by atoms with E-state index < -0.39 is 0 Å². The molecular formula is C22H27N3O. The molecule has 4 nitrogen and oxygen atoms in total. The van der Waals surface area contributed by atoms with Crippen molar-refractivity contribution < 1.29 is 4.79 Å². The second-order valence-corrected chi connectivity index (χ2v) is 6.91. The van der Waals surface area contributed by atoms with Gasteiger partial charge in [-0.15, -0.1) is 0 Å². The van der Waals surface area contributed by atoms with Crippen LogP contribution < -0.4 is 5.32 Å². The number of nitrogens with one attached hydrogen (secondary N) is 1. The van der Waals surface area contributed by atoms with Gasteiger partial charge in [0, 0.05) is 38.4 Å². The predicted molar refractivity (Wildman–Crippen MR) is 108 cm³/mol. The van der Waals surface area contributed by atoms with Gasteiger partial charge >= 0.3 is 6.03 Å². The molecule has 136 valence electrons. The average molecular weight is 349 g/mol. The van der Waals surface area contributed by atoms with Crippen LogP contribution in [0.1, 0.15) is 16.7 Å². The number of rotatable bonds is 4. The van der Waals surface area contributed by atoms with Gasteiger partial charge in [-0.2, -0.15) is 0 Å². The van der Waals surface area contributed by atoms with Gasteiger partial charge in [0.1, 0.15) is 0 Å². The Kier molecular flexibility index (Phi) is 6.08. The number of piperazine rings is 1. The van der Waals surface area contributed by atoms with Crippen LogP contribution in [0.2, 0.25) is 0 Å². The number of carbonyl (C=O) groups excluding carboxylic acids is 1. The third kappa shape index (κ3) is 5.20. The number of hydrogen-bond acceptors (Lipinski definition) is 2. The van der Waals surface area contributed by atoms with Gasteiger partial charge in [-0.25, -0.2) is 4.79 Å². The molecule has 0 aliphatic carbocycles. The SMILES string of the molecule is Cc1cc(C)cc(NC(=O)N2CCN(C/C=C\c3ccccc3)CC2)c1.